The molecule has 170 valence electrons. The van der Waals surface area contributed by atoms with E-state index in [1.807, 2.05) is 12.3 Å². The molecule has 0 amide bonds. The summed E-state index contributed by atoms with van der Waals surface area (Å²) < 4.78 is 3.24. The van der Waals surface area contributed by atoms with Crippen LogP contribution >= 0.6 is 22.9 Å². The van der Waals surface area contributed by atoms with E-state index in [1.165, 1.54) is 35.2 Å². The highest BCUT2D eigenvalue weighted by Gasteiger charge is 2.22. The first-order valence-corrected chi connectivity index (χ1v) is 12.8. The van der Waals surface area contributed by atoms with Crippen LogP contribution < -0.4 is 8.85 Å². The van der Waals surface area contributed by atoms with Crippen molar-refractivity contribution < 1.29 is 0 Å². The molecule has 1 aromatic heterocycles. The molecule has 0 bridgehead atoms. The van der Waals surface area contributed by atoms with Crippen LogP contribution in [0.4, 0.5) is 0 Å². The molecule has 0 spiro atoms. The van der Waals surface area contributed by atoms with Crippen molar-refractivity contribution in [2.45, 2.75) is 52.2 Å². The highest BCUT2D eigenvalue weighted by atomic mass is 127. The van der Waals surface area contributed by atoms with E-state index in [-0.39, 0.29) is 0 Å². The summed E-state index contributed by atoms with van der Waals surface area (Å²) in [6, 6.07) is 13.8. The monoisotopic (exact) mass is 535 g/mol. The molecule has 5 nitrogen and oxygen atoms in total. The van der Waals surface area contributed by atoms with Crippen molar-refractivity contribution in [3.8, 4) is 0 Å². The van der Waals surface area contributed by atoms with Crippen molar-refractivity contribution in [2.75, 3.05) is 39.3 Å². The van der Waals surface area contributed by atoms with E-state index in [0.29, 0.717) is 6.04 Å². The van der Waals surface area contributed by atoms with Gasteiger partial charge in [0.1, 0.15) is 0 Å². The van der Waals surface area contributed by atoms with Gasteiger partial charge in [0.15, 0.2) is 0 Å². The molecule has 0 unspecified atom stereocenters. The van der Waals surface area contributed by atoms with E-state index in [1.54, 1.807) is 0 Å². The second-order valence-electron chi connectivity index (χ2n) is 8.65. The predicted octanol–water partition coefficient (Wildman–Crippen LogP) is 3.95. The van der Waals surface area contributed by atoms with Gasteiger partial charge in [0, 0.05) is 80.9 Å². The maximum atomic E-state index is 4.65. The number of nitrogens with one attached hydrogen (secondary N) is 2. The van der Waals surface area contributed by atoms with Gasteiger partial charge < -0.3 is 5.32 Å². The number of pyridine rings is 1. The minimum Gasteiger partial charge on any atom is -0.310 e. The van der Waals surface area contributed by atoms with E-state index in [0.717, 1.165) is 58.8 Å². The van der Waals surface area contributed by atoms with Crippen LogP contribution in [0.2, 0.25) is 0 Å². The fourth-order valence-electron chi connectivity index (χ4n) is 4.27. The zero-order valence-corrected chi connectivity index (χ0v) is 21.3. The van der Waals surface area contributed by atoms with Crippen LogP contribution in [0.1, 0.15) is 42.1 Å². The topological polar surface area (TPSA) is 43.4 Å². The zero-order chi connectivity index (χ0) is 21.9. The Labute approximate surface area is 202 Å². The third-order valence-electron chi connectivity index (χ3n) is 6.14. The van der Waals surface area contributed by atoms with E-state index in [2.05, 4.69) is 90.7 Å². The summed E-state index contributed by atoms with van der Waals surface area (Å²) in [6.45, 7) is 12.9. The SMILES string of the molecule is CCc1ccc(CN2CCN[C@H](CN(CCCCNI)Cc3ncccc3C)C2)cc1. The molecule has 2 aromatic rings. The lowest BCUT2D eigenvalue weighted by Crippen LogP contribution is -2.54. The normalized spacial score (nSPS) is 17.4. The Morgan fingerprint density at radius 1 is 1.19 bits per heavy atom. The lowest BCUT2D eigenvalue weighted by molar-refractivity contribution is 0.148. The minimum atomic E-state index is 0.496. The van der Waals surface area contributed by atoms with Crippen LogP contribution in [0, 0.1) is 6.92 Å². The predicted molar refractivity (Wildman–Crippen MR) is 138 cm³/mol. The molecule has 2 N–H and O–H groups in total. The van der Waals surface area contributed by atoms with Crippen molar-refractivity contribution in [2.24, 2.45) is 0 Å². The molecule has 31 heavy (non-hydrogen) atoms. The third-order valence-corrected chi connectivity index (χ3v) is 6.68. The minimum absolute atomic E-state index is 0.496. The number of benzene rings is 1. The Balaban J connectivity index is 1.57. The second kappa shape index (κ2) is 13.5. The lowest BCUT2D eigenvalue weighted by atomic mass is 10.1. The fourth-order valence-corrected chi connectivity index (χ4v) is 4.65. The summed E-state index contributed by atoms with van der Waals surface area (Å²) in [5.41, 5.74) is 5.33. The van der Waals surface area contributed by atoms with Crippen molar-refractivity contribution in [1.29, 1.82) is 0 Å². The second-order valence-corrected chi connectivity index (χ2v) is 9.41. The molecular formula is C25H38IN5. The van der Waals surface area contributed by atoms with Crippen LogP contribution in [-0.2, 0) is 19.5 Å². The molecule has 6 heteroatoms. The molecular weight excluding hydrogens is 497 g/mol. The number of aryl methyl sites for hydroxylation is 2. The number of piperazine rings is 1. The highest BCUT2D eigenvalue weighted by molar-refractivity contribution is 14.1. The van der Waals surface area contributed by atoms with E-state index in [9.17, 15) is 0 Å². The average Bonchev–Trinajstić information content (AvgIpc) is 2.79. The smallest absolute Gasteiger partial charge is 0.0573 e. The lowest BCUT2D eigenvalue weighted by Gasteiger charge is -2.36. The fraction of sp³-hybridized carbons (Fsp3) is 0.560. The van der Waals surface area contributed by atoms with E-state index < -0.39 is 0 Å². The third kappa shape index (κ3) is 8.42. The molecule has 1 fully saturated rings. The number of hydrogen-bond donors (Lipinski definition) is 2. The van der Waals surface area contributed by atoms with Crippen LogP contribution in [0.15, 0.2) is 42.6 Å². The molecule has 0 aliphatic carbocycles. The van der Waals surface area contributed by atoms with Crippen LogP contribution in [0.3, 0.4) is 0 Å². The summed E-state index contributed by atoms with van der Waals surface area (Å²) in [5, 5.41) is 3.77. The van der Waals surface area contributed by atoms with Gasteiger partial charge in [-0.2, -0.15) is 0 Å². The van der Waals surface area contributed by atoms with Crippen LogP contribution in [-0.4, -0.2) is 60.1 Å². The van der Waals surface area contributed by atoms with Crippen molar-refractivity contribution in [3.63, 3.8) is 0 Å². The maximum Gasteiger partial charge on any atom is 0.0573 e. The number of aromatic nitrogens is 1. The Hall–Kier alpha value is -1.06. The molecule has 0 radical (unpaired) electrons. The standard InChI is InChI=1S/C25H38IN5/c1-3-22-8-10-23(11-9-22)17-31-16-14-27-24(19-31)18-30(15-5-4-13-29-26)20-25-21(2)7-6-12-28-25/h6-12,24,27,29H,3-5,13-20H2,1-2H3/t24-/m1/s1. The van der Waals surface area contributed by atoms with Gasteiger partial charge in [0.05, 0.1) is 5.69 Å². The van der Waals surface area contributed by atoms with Crippen molar-refractivity contribution in [1.82, 2.24) is 23.6 Å². The Kier molecular flexibility index (Phi) is 10.7. The van der Waals surface area contributed by atoms with Gasteiger partial charge in [-0.15, -0.1) is 0 Å². The number of hydrogen-bond acceptors (Lipinski definition) is 5. The molecule has 0 saturated carbocycles. The average molecular weight is 536 g/mol. The molecule has 1 atom stereocenters. The maximum absolute atomic E-state index is 4.65. The molecule has 1 aliphatic heterocycles. The summed E-state index contributed by atoms with van der Waals surface area (Å²) in [7, 11) is 0. The van der Waals surface area contributed by atoms with Crippen LogP contribution in [0.5, 0.6) is 0 Å². The quantitative estimate of drug-likeness (QED) is 0.245. The molecule has 1 saturated heterocycles. The van der Waals surface area contributed by atoms with Gasteiger partial charge in [-0.25, -0.2) is 0 Å². The first kappa shape index (κ1) is 24.6. The summed E-state index contributed by atoms with van der Waals surface area (Å²) >= 11 is 2.24. The summed E-state index contributed by atoms with van der Waals surface area (Å²) in [6.07, 6.45) is 5.45. The number of halogens is 1. The van der Waals surface area contributed by atoms with Crippen molar-refractivity contribution >= 4 is 22.9 Å². The number of unbranched alkanes of at least 4 members (excludes halogenated alkanes) is 1. The highest BCUT2D eigenvalue weighted by Crippen LogP contribution is 2.13. The Bertz CT molecular complexity index is 767. The zero-order valence-electron chi connectivity index (χ0n) is 19.1. The number of nitrogens with zero attached hydrogens (tertiary/aromatic N) is 3. The molecule has 2 heterocycles. The van der Waals surface area contributed by atoms with Gasteiger partial charge in [0.2, 0.25) is 0 Å². The van der Waals surface area contributed by atoms with Gasteiger partial charge in [-0.1, -0.05) is 37.3 Å². The largest absolute Gasteiger partial charge is 0.310 e. The summed E-state index contributed by atoms with van der Waals surface area (Å²) in [5.74, 6) is 0. The first-order chi connectivity index (χ1) is 15.2. The van der Waals surface area contributed by atoms with Gasteiger partial charge >= 0.3 is 0 Å². The van der Waals surface area contributed by atoms with Gasteiger partial charge in [-0.05, 0) is 55.5 Å². The van der Waals surface area contributed by atoms with Crippen LogP contribution in [0.25, 0.3) is 0 Å². The first-order valence-electron chi connectivity index (χ1n) is 11.7. The van der Waals surface area contributed by atoms with E-state index in [4.69, 9.17) is 0 Å². The number of rotatable bonds is 12. The van der Waals surface area contributed by atoms with Gasteiger partial charge in [-0.3, -0.25) is 18.3 Å². The summed E-state index contributed by atoms with van der Waals surface area (Å²) in [4.78, 5) is 9.85. The van der Waals surface area contributed by atoms with Crippen molar-refractivity contribution in [3.05, 3.63) is 65.0 Å². The Morgan fingerprint density at radius 2 is 2.00 bits per heavy atom. The Morgan fingerprint density at radius 3 is 2.74 bits per heavy atom. The van der Waals surface area contributed by atoms with E-state index >= 15 is 0 Å². The van der Waals surface area contributed by atoms with Gasteiger partial charge in [0.25, 0.3) is 0 Å². The molecule has 1 aliphatic rings. The molecule has 1 aromatic carbocycles. The molecule has 3 rings (SSSR count).